The quantitative estimate of drug-likeness (QED) is 0.774. The molecular weight excluding hydrogens is 386 g/mol. The number of ether oxygens (including phenoxy) is 1. The monoisotopic (exact) mass is 419 g/mol. The average Bonchev–Trinajstić information content (AvgIpc) is 3.39. The van der Waals surface area contributed by atoms with Crippen molar-refractivity contribution in [3.05, 3.63) is 65.2 Å². The summed E-state index contributed by atoms with van der Waals surface area (Å²) in [6.07, 6.45) is 4.93. The fourth-order valence-corrected chi connectivity index (χ4v) is 6.33. The lowest BCUT2D eigenvalue weighted by Gasteiger charge is -2.47. The molecule has 1 saturated carbocycles. The summed E-state index contributed by atoms with van der Waals surface area (Å²) in [5.41, 5.74) is 9.63. The highest BCUT2D eigenvalue weighted by molar-refractivity contribution is 5.92. The number of hydrogen-bond donors (Lipinski definition) is 1. The van der Waals surface area contributed by atoms with Gasteiger partial charge in [0.25, 0.3) is 0 Å². The molecule has 164 valence electrons. The molecule has 2 bridgehead atoms. The number of hydrogen-bond acceptors (Lipinski definition) is 4. The van der Waals surface area contributed by atoms with Crippen LogP contribution in [0.1, 0.15) is 47.2 Å². The van der Waals surface area contributed by atoms with Crippen molar-refractivity contribution in [1.82, 2.24) is 4.90 Å². The maximum atomic E-state index is 11.7. The van der Waals surface area contributed by atoms with Crippen molar-refractivity contribution < 1.29 is 9.53 Å². The van der Waals surface area contributed by atoms with Gasteiger partial charge in [-0.15, -0.1) is 0 Å². The Bertz CT molecular complexity index is 922. The van der Waals surface area contributed by atoms with Crippen molar-refractivity contribution in [2.45, 2.75) is 37.8 Å². The zero-order valence-electron chi connectivity index (χ0n) is 18.4. The lowest BCUT2D eigenvalue weighted by Crippen LogP contribution is -2.52. The number of carbonyl (C=O) groups is 1. The number of nitrogens with zero attached hydrogens (tertiary/aromatic N) is 2. The zero-order chi connectivity index (χ0) is 21.4. The van der Waals surface area contributed by atoms with Crippen LogP contribution in [0.3, 0.4) is 0 Å². The molecule has 2 unspecified atom stereocenters. The van der Waals surface area contributed by atoms with Gasteiger partial charge in [-0.2, -0.15) is 0 Å². The zero-order valence-corrected chi connectivity index (χ0v) is 18.4. The number of amides is 1. The average molecular weight is 420 g/mol. The van der Waals surface area contributed by atoms with Gasteiger partial charge in [0.05, 0.1) is 0 Å². The molecule has 2 atom stereocenters. The summed E-state index contributed by atoms with van der Waals surface area (Å²) in [6.45, 7) is 5.38. The molecular formula is C26H33N3O2. The Balaban J connectivity index is 1.32. The Morgan fingerprint density at radius 3 is 2.35 bits per heavy atom. The van der Waals surface area contributed by atoms with E-state index in [2.05, 4.69) is 40.1 Å². The molecule has 31 heavy (non-hydrogen) atoms. The van der Waals surface area contributed by atoms with Crippen molar-refractivity contribution in [3.8, 4) is 0 Å². The second kappa shape index (κ2) is 8.29. The van der Waals surface area contributed by atoms with Crippen LogP contribution in [0.2, 0.25) is 0 Å². The molecule has 2 aromatic rings. The summed E-state index contributed by atoms with van der Waals surface area (Å²) in [5.74, 6) is 0.460. The predicted molar refractivity (Wildman–Crippen MR) is 123 cm³/mol. The number of methoxy groups -OCH3 is 1. The number of likely N-dealkylation sites (tertiary alicyclic amines) is 1. The number of benzene rings is 2. The Morgan fingerprint density at radius 2 is 1.74 bits per heavy atom. The standard InChI is InChI=1S/C26H33N3O2/c1-31-26(21-6-4-5-20(15-21)25(27)30)22-9-10-23(26)18-28(17-22)16-19-7-11-24(12-8-19)29-13-2-3-14-29/h4-8,11-12,15,22-23H,2-3,9-10,13-14,16-18H2,1H3,(H2,27,30). The first kappa shape index (κ1) is 20.5. The smallest absolute Gasteiger partial charge is 0.248 e. The van der Waals surface area contributed by atoms with Crippen LogP contribution >= 0.6 is 0 Å². The maximum absolute atomic E-state index is 11.7. The highest BCUT2D eigenvalue weighted by Crippen LogP contribution is 2.53. The van der Waals surface area contributed by atoms with E-state index < -0.39 is 0 Å². The van der Waals surface area contributed by atoms with Crippen molar-refractivity contribution in [1.29, 1.82) is 0 Å². The topological polar surface area (TPSA) is 58.8 Å². The molecule has 2 aromatic carbocycles. The molecule has 1 amide bonds. The van der Waals surface area contributed by atoms with Gasteiger partial charge in [-0.05, 0) is 61.1 Å². The molecule has 0 spiro atoms. The van der Waals surface area contributed by atoms with Crippen molar-refractivity contribution >= 4 is 11.6 Å². The highest BCUT2D eigenvalue weighted by Gasteiger charge is 2.55. The number of anilines is 1. The van der Waals surface area contributed by atoms with E-state index in [4.69, 9.17) is 10.5 Å². The van der Waals surface area contributed by atoms with Gasteiger partial charge >= 0.3 is 0 Å². The van der Waals surface area contributed by atoms with E-state index in [1.165, 1.54) is 37.2 Å². The Labute approximate surface area is 185 Å². The molecule has 2 N–H and O–H groups in total. The summed E-state index contributed by atoms with van der Waals surface area (Å²) in [7, 11) is 1.83. The number of nitrogens with two attached hydrogens (primary N) is 1. The molecule has 0 radical (unpaired) electrons. The fourth-order valence-electron chi connectivity index (χ4n) is 6.33. The van der Waals surface area contributed by atoms with E-state index in [-0.39, 0.29) is 11.5 Å². The van der Waals surface area contributed by atoms with Crippen molar-refractivity contribution in [2.24, 2.45) is 17.6 Å². The molecule has 2 heterocycles. The van der Waals surface area contributed by atoms with Gasteiger partial charge in [-0.25, -0.2) is 0 Å². The van der Waals surface area contributed by atoms with Gasteiger partial charge in [0, 0.05) is 62.9 Å². The molecule has 2 saturated heterocycles. The van der Waals surface area contributed by atoms with Crippen LogP contribution in [-0.2, 0) is 16.9 Å². The van der Waals surface area contributed by atoms with Crippen molar-refractivity contribution in [2.75, 3.05) is 38.2 Å². The molecule has 5 heteroatoms. The van der Waals surface area contributed by atoms with Crippen LogP contribution in [0.15, 0.2) is 48.5 Å². The molecule has 5 nitrogen and oxygen atoms in total. The van der Waals surface area contributed by atoms with Gasteiger partial charge < -0.3 is 15.4 Å². The maximum Gasteiger partial charge on any atom is 0.248 e. The van der Waals surface area contributed by atoms with Gasteiger partial charge in [0.2, 0.25) is 5.91 Å². The second-order valence-corrected chi connectivity index (χ2v) is 9.47. The minimum atomic E-state index is -0.379. The van der Waals surface area contributed by atoms with E-state index >= 15 is 0 Å². The summed E-state index contributed by atoms with van der Waals surface area (Å²) in [6, 6.07) is 16.9. The number of fused-ring (bicyclic) bond motifs is 2. The van der Waals surface area contributed by atoms with Crippen LogP contribution in [-0.4, -0.2) is 44.1 Å². The summed E-state index contributed by atoms with van der Waals surface area (Å²) in [4.78, 5) is 16.8. The first-order chi connectivity index (χ1) is 15.1. The number of piperidine rings is 1. The van der Waals surface area contributed by atoms with Crippen LogP contribution in [0.4, 0.5) is 5.69 Å². The number of rotatable bonds is 6. The third kappa shape index (κ3) is 3.64. The molecule has 0 aromatic heterocycles. The first-order valence-electron chi connectivity index (χ1n) is 11.6. The Kier molecular flexibility index (Phi) is 5.49. The molecule has 5 rings (SSSR count). The third-order valence-corrected chi connectivity index (χ3v) is 7.78. The van der Waals surface area contributed by atoms with Gasteiger partial charge in [0.1, 0.15) is 5.60 Å². The molecule has 1 aliphatic carbocycles. The largest absolute Gasteiger partial charge is 0.373 e. The first-order valence-corrected chi connectivity index (χ1v) is 11.6. The SMILES string of the molecule is COC1(c2cccc(C(N)=O)c2)C2CCC1CN(Cc1ccc(N3CCCC3)cc1)C2. The van der Waals surface area contributed by atoms with Crippen LogP contribution in [0, 0.1) is 11.8 Å². The summed E-state index contributed by atoms with van der Waals surface area (Å²) < 4.78 is 6.27. The molecule has 3 aliphatic rings. The van der Waals surface area contributed by atoms with Gasteiger partial charge in [0.15, 0.2) is 0 Å². The lowest BCUT2D eigenvalue weighted by molar-refractivity contribution is -0.120. The second-order valence-electron chi connectivity index (χ2n) is 9.47. The normalized spacial score (nSPS) is 28.2. The Morgan fingerprint density at radius 1 is 1.06 bits per heavy atom. The van der Waals surface area contributed by atoms with E-state index in [0.717, 1.165) is 38.0 Å². The minimum absolute atomic E-state index is 0.318. The van der Waals surface area contributed by atoms with E-state index in [1.54, 1.807) is 6.07 Å². The molecule has 3 fully saturated rings. The highest BCUT2D eigenvalue weighted by atomic mass is 16.5. The lowest BCUT2D eigenvalue weighted by atomic mass is 9.74. The third-order valence-electron chi connectivity index (χ3n) is 7.78. The van der Waals surface area contributed by atoms with E-state index in [1.807, 2.05) is 19.2 Å². The number of primary amides is 1. The fraction of sp³-hybridized carbons (Fsp3) is 0.500. The van der Waals surface area contributed by atoms with Crippen LogP contribution in [0.5, 0.6) is 0 Å². The number of carbonyl (C=O) groups excluding carboxylic acids is 1. The Hall–Kier alpha value is -2.37. The van der Waals surface area contributed by atoms with Crippen molar-refractivity contribution in [3.63, 3.8) is 0 Å². The van der Waals surface area contributed by atoms with Crippen LogP contribution in [0.25, 0.3) is 0 Å². The summed E-state index contributed by atoms with van der Waals surface area (Å²) in [5, 5.41) is 0. The minimum Gasteiger partial charge on any atom is -0.373 e. The van der Waals surface area contributed by atoms with Gasteiger partial charge in [-0.1, -0.05) is 24.3 Å². The van der Waals surface area contributed by atoms with Gasteiger partial charge in [-0.3, -0.25) is 9.69 Å². The van der Waals surface area contributed by atoms with E-state index in [9.17, 15) is 4.79 Å². The van der Waals surface area contributed by atoms with E-state index in [0.29, 0.717) is 17.4 Å². The summed E-state index contributed by atoms with van der Waals surface area (Å²) >= 11 is 0. The predicted octanol–water partition coefficient (Wildman–Crippen LogP) is 3.77. The molecule has 2 aliphatic heterocycles. The van der Waals surface area contributed by atoms with Crippen LogP contribution < -0.4 is 10.6 Å².